The molecule has 1 aliphatic rings. The Morgan fingerprint density at radius 3 is 3.11 bits per heavy atom. The number of rotatable bonds is 4. The fourth-order valence-electron chi connectivity index (χ4n) is 2.29. The number of hydrogen-bond donors (Lipinski definition) is 2. The molecule has 5 nitrogen and oxygen atoms in total. The van der Waals surface area contributed by atoms with Gasteiger partial charge in [-0.2, -0.15) is 0 Å². The van der Waals surface area contributed by atoms with E-state index in [0.717, 1.165) is 30.6 Å². The molecule has 2 atom stereocenters. The Bertz CT molecular complexity index is 385. The maximum atomic E-state index is 9.03. The van der Waals surface area contributed by atoms with Crippen LogP contribution in [0.15, 0.2) is 12.4 Å². The molecular formula is C13H22N4O. The van der Waals surface area contributed by atoms with E-state index in [0.29, 0.717) is 0 Å². The van der Waals surface area contributed by atoms with Crippen molar-refractivity contribution in [2.45, 2.75) is 32.7 Å². The van der Waals surface area contributed by atoms with E-state index in [1.165, 1.54) is 12.8 Å². The molecule has 100 valence electrons. The van der Waals surface area contributed by atoms with Gasteiger partial charge in [0.15, 0.2) is 0 Å². The molecule has 5 heteroatoms. The molecule has 2 heterocycles. The minimum Gasteiger partial charge on any atom is -0.394 e. The first-order chi connectivity index (χ1) is 8.69. The Kier molecular flexibility index (Phi) is 4.36. The molecule has 0 amide bonds. The van der Waals surface area contributed by atoms with Crippen LogP contribution < -0.4 is 10.2 Å². The van der Waals surface area contributed by atoms with E-state index in [2.05, 4.69) is 27.1 Å². The van der Waals surface area contributed by atoms with Gasteiger partial charge >= 0.3 is 0 Å². The summed E-state index contributed by atoms with van der Waals surface area (Å²) in [6.45, 7) is 6.42. The SMILES string of the molecule is CC1CCCN(c2cc(NC(C)CO)ncn2)C1. The highest BCUT2D eigenvalue weighted by Crippen LogP contribution is 2.22. The minimum absolute atomic E-state index is 0.00743. The molecular weight excluding hydrogens is 228 g/mol. The van der Waals surface area contributed by atoms with E-state index in [1.54, 1.807) is 6.33 Å². The van der Waals surface area contributed by atoms with Crippen LogP contribution in [0, 0.1) is 5.92 Å². The molecule has 0 aromatic carbocycles. The number of aliphatic hydroxyl groups excluding tert-OH is 1. The van der Waals surface area contributed by atoms with Crippen LogP contribution in [0.3, 0.4) is 0 Å². The van der Waals surface area contributed by atoms with Crippen LogP contribution in [0.25, 0.3) is 0 Å². The highest BCUT2D eigenvalue weighted by molar-refractivity contribution is 5.49. The van der Waals surface area contributed by atoms with Gasteiger partial charge in [0.1, 0.15) is 18.0 Å². The van der Waals surface area contributed by atoms with Crippen molar-refractivity contribution in [3.63, 3.8) is 0 Å². The van der Waals surface area contributed by atoms with Crippen LogP contribution in [0.1, 0.15) is 26.7 Å². The molecule has 0 spiro atoms. The highest BCUT2D eigenvalue weighted by Gasteiger charge is 2.18. The summed E-state index contributed by atoms with van der Waals surface area (Å²) in [6.07, 6.45) is 4.11. The lowest BCUT2D eigenvalue weighted by atomic mass is 10.0. The Hall–Kier alpha value is -1.36. The lowest BCUT2D eigenvalue weighted by Gasteiger charge is -2.31. The smallest absolute Gasteiger partial charge is 0.134 e. The van der Waals surface area contributed by atoms with Gasteiger partial charge < -0.3 is 15.3 Å². The molecule has 2 unspecified atom stereocenters. The van der Waals surface area contributed by atoms with E-state index < -0.39 is 0 Å². The Labute approximate surface area is 108 Å². The van der Waals surface area contributed by atoms with E-state index in [9.17, 15) is 0 Å². The standard InChI is InChI=1S/C13H22N4O/c1-10-4-3-5-17(7-10)13-6-12(14-9-15-13)16-11(2)8-18/h6,9-11,18H,3-5,7-8H2,1-2H3,(H,14,15,16). The summed E-state index contributed by atoms with van der Waals surface area (Å²) in [5, 5.41) is 12.2. The fraction of sp³-hybridized carbons (Fsp3) is 0.692. The van der Waals surface area contributed by atoms with Crippen molar-refractivity contribution in [1.82, 2.24) is 9.97 Å². The third-order valence-electron chi connectivity index (χ3n) is 3.30. The molecule has 1 fully saturated rings. The maximum Gasteiger partial charge on any atom is 0.134 e. The Morgan fingerprint density at radius 2 is 2.39 bits per heavy atom. The van der Waals surface area contributed by atoms with Crippen LogP contribution in [-0.2, 0) is 0 Å². The van der Waals surface area contributed by atoms with Gasteiger partial charge in [0.25, 0.3) is 0 Å². The zero-order valence-corrected chi connectivity index (χ0v) is 11.1. The number of nitrogens with one attached hydrogen (secondary N) is 1. The molecule has 1 aliphatic heterocycles. The minimum atomic E-state index is 0.00743. The summed E-state index contributed by atoms with van der Waals surface area (Å²) in [6, 6.07) is 1.97. The van der Waals surface area contributed by atoms with Gasteiger partial charge in [-0.15, -0.1) is 0 Å². The number of aliphatic hydroxyl groups is 1. The van der Waals surface area contributed by atoms with E-state index in [1.807, 2.05) is 13.0 Å². The topological polar surface area (TPSA) is 61.3 Å². The third kappa shape index (κ3) is 3.32. The van der Waals surface area contributed by atoms with Crippen molar-refractivity contribution in [2.24, 2.45) is 5.92 Å². The summed E-state index contributed by atoms with van der Waals surface area (Å²) in [5.41, 5.74) is 0. The van der Waals surface area contributed by atoms with Gasteiger partial charge in [0, 0.05) is 25.2 Å². The first-order valence-corrected chi connectivity index (χ1v) is 6.63. The molecule has 0 aliphatic carbocycles. The summed E-state index contributed by atoms with van der Waals surface area (Å²) in [5.74, 6) is 2.48. The van der Waals surface area contributed by atoms with Crippen molar-refractivity contribution >= 4 is 11.6 Å². The number of nitrogens with zero attached hydrogens (tertiary/aromatic N) is 3. The normalized spacial score (nSPS) is 21.7. The van der Waals surface area contributed by atoms with E-state index in [4.69, 9.17) is 5.11 Å². The van der Waals surface area contributed by atoms with Crippen molar-refractivity contribution in [2.75, 3.05) is 29.9 Å². The molecule has 1 aromatic heterocycles. The van der Waals surface area contributed by atoms with E-state index >= 15 is 0 Å². The second kappa shape index (κ2) is 6.00. The van der Waals surface area contributed by atoms with Gasteiger partial charge in [0.2, 0.25) is 0 Å². The predicted molar refractivity (Wildman–Crippen MR) is 72.8 cm³/mol. The molecule has 2 N–H and O–H groups in total. The van der Waals surface area contributed by atoms with Crippen LogP contribution in [0.5, 0.6) is 0 Å². The molecule has 0 bridgehead atoms. The quantitative estimate of drug-likeness (QED) is 0.848. The van der Waals surface area contributed by atoms with Gasteiger partial charge in [0.05, 0.1) is 6.61 Å². The zero-order chi connectivity index (χ0) is 13.0. The Balaban J connectivity index is 2.06. The summed E-state index contributed by atoms with van der Waals surface area (Å²) in [4.78, 5) is 10.8. The summed E-state index contributed by atoms with van der Waals surface area (Å²) in [7, 11) is 0. The van der Waals surface area contributed by atoms with Gasteiger partial charge in [-0.1, -0.05) is 6.92 Å². The predicted octanol–water partition coefficient (Wildman–Crippen LogP) is 1.51. The Morgan fingerprint density at radius 1 is 1.56 bits per heavy atom. The van der Waals surface area contributed by atoms with Crippen LogP contribution in [0.4, 0.5) is 11.6 Å². The van der Waals surface area contributed by atoms with Gasteiger partial charge in [-0.25, -0.2) is 9.97 Å². The number of hydrogen-bond acceptors (Lipinski definition) is 5. The van der Waals surface area contributed by atoms with Crippen molar-refractivity contribution in [3.05, 3.63) is 12.4 Å². The monoisotopic (exact) mass is 250 g/mol. The van der Waals surface area contributed by atoms with E-state index in [-0.39, 0.29) is 12.6 Å². The van der Waals surface area contributed by atoms with Crippen LogP contribution >= 0.6 is 0 Å². The molecule has 1 saturated heterocycles. The first-order valence-electron chi connectivity index (χ1n) is 6.63. The highest BCUT2D eigenvalue weighted by atomic mass is 16.3. The lowest BCUT2D eigenvalue weighted by Crippen LogP contribution is -2.35. The second-order valence-corrected chi connectivity index (χ2v) is 5.18. The van der Waals surface area contributed by atoms with Crippen molar-refractivity contribution in [1.29, 1.82) is 0 Å². The van der Waals surface area contributed by atoms with Gasteiger partial charge in [-0.3, -0.25) is 0 Å². The molecule has 1 aromatic rings. The number of anilines is 2. The zero-order valence-electron chi connectivity index (χ0n) is 11.1. The number of aromatic nitrogens is 2. The average molecular weight is 250 g/mol. The van der Waals surface area contributed by atoms with Gasteiger partial charge in [-0.05, 0) is 25.7 Å². The lowest BCUT2D eigenvalue weighted by molar-refractivity contribution is 0.281. The van der Waals surface area contributed by atoms with Crippen molar-refractivity contribution < 1.29 is 5.11 Å². The first kappa shape index (κ1) is 13.1. The summed E-state index contributed by atoms with van der Waals surface area (Å²) >= 11 is 0. The average Bonchev–Trinajstić information content (AvgIpc) is 2.39. The largest absolute Gasteiger partial charge is 0.394 e. The molecule has 2 rings (SSSR count). The van der Waals surface area contributed by atoms with Crippen LogP contribution in [-0.4, -0.2) is 40.8 Å². The number of piperidine rings is 1. The fourth-order valence-corrected chi connectivity index (χ4v) is 2.29. The van der Waals surface area contributed by atoms with Crippen LogP contribution in [0.2, 0.25) is 0 Å². The summed E-state index contributed by atoms with van der Waals surface area (Å²) < 4.78 is 0. The second-order valence-electron chi connectivity index (χ2n) is 5.18. The maximum absolute atomic E-state index is 9.03. The third-order valence-corrected chi connectivity index (χ3v) is 3.30. The molecule has 18 heavy (non-hydrogen) atoms. The molecule has 0 saturated carbocycles. The molecule has 0 radical (unpaired) electrons. The van der Waals surface area contributed by atoms with Crippen molar-refractivity contribution in [3.8, 4) is 0 Å².